The molecule has 6 atom stereocenters. The minimum Gasteiger partial charge on any atom is -0.508 e. The van der Waals surface area contributed by atoms with E-state index in [9.17, 15) is 43.8 Å². The van der Waals surface area contributed by atoms with Crippen molar-refractivity contribution in [1.82, 2.24) is 21.3 Å². The Kier molecular flexibility index (Phi) is 13.8. The van der Waals surface area contributed by atoms with Crippen molar-refractivity contribution in [2.45, 2.75) is 75.8 Å². The summed E-state index contributed by atoms with van der Waals surface area (Å²) in [5.74, 6) is -7.70. The number of hydrogen-bond donors (Lipinski definition) is 10. The molecule has 5 amide bonds. The fourth-order valence-corrected chi connectivity index (χ4v) is 3.48. The molecule has 0 aliphatic rings. The fraction of sp³-hybridized carbons (Fsp3) is 0.480. The number of nitrogens with one attached hydrogen (secondary N) is 4. The molecule has 0 unspecified atom stereocenters. The normalized spacial score (nSPS) is 15.0. The van der Waals surface area contributed by atoms with Gasteiger partial charge in [0.15, 0.2) is 0 Å². The van der Waals surface area contributed by atoms with Crippen molar-refractivity contribution in [3.05, 3.63) is 29.8 Å². The second-order valence-corrected chi connectivity index (χ2v) is 9.50. The lowest BCUT2D eigenvalue weighted by Gasteiger charge is -2.26. The van der Waals surface area contributed by atoms with E-state index < -0.39 is 84.2 Å². The molecule has 0 aliphatic carbocycles. The summed E-state index contributed by atoms with van der Waals surface area (Å²) in [5.41, 5.74) is 11.4. The first-order valence-electron chi connectivity index (χ1n) is 12.7. The lowest BCUT2D eigenvalue weighted by atomic mass is 10.0. The highest BCUT2D eigenvalue weighted by molar-refractivity contribution is 5.96. The zero-order chi connectivity index (χ0) is 32.1. The van der Waals surface area contributed by atoms with E-state index in [1.54, 1.807) is 0 Å². The average molecular weight is 597 g/mol. The summed E-state index contributed by atoms with van der Waals surface area (Å²) in [4.78, 5) is 84.2. The smallest absolute Gasteiger partial charge is 0.326 e. The molecule has 1 rings (SSSR count). The molecule has 0 saturated heterocycles. The number of primary amides is 1. The van der Waals surface area contributed by atoms with Gasteiger partial charge < -0.3 is 53.2 Å². The number of nitrogens with two attached hydrogens (primary N) is 2. The van der Waals surface area contributed by atoms with Gasteiger partial charge in [0, 0.05) is 12.8 Å². The third-order valence-corrected chi connectivity index (χ3v) is 5.86. The molecule has 0 heterocycles. The Bertz CT molecular complexity index is 1160. The van der Waals surface area contributed by atoms with Crippen LogP contribution < -0.4 is 32.7 Å². The van der Waals surface area contributed by atoms with Crippen LogP contribution in [0.3, 0.4) is 0 Å². The predicted molar refractivity (Wildman–Crippen MR) is 143 cm³/mol. The van der Waals surface area contributed by atoms with Gasteiger partial charge in [0.1, 0.15) is 29.9 Å². The van der Waals surface area contributed by atoms with E-state index in [2.05, 4.69) is 16.0 Å². The molecule has 1 aromatic carbocycles. The Balaban J connectivity index is 3.05. The largest absolute Gasteiger partial charge is 0.508 e. The number of carbonyl (C=O) groups excluding carboxylic acids is 5. The van der Waals surface area contributed by atoms with Crippen LogP contribution in [0.1, 0.15) is 38.7 Å². The van der Waals surface area contributed by atoms with Crippen LogP contribution in [0.25, 0.3) is 0 Å². The molecule has 1 aromatic rings. The van der Waals surface area contributed by atoms with E-state index in [1.165, 1.54) is 24.3 Å². The number of hydrogen-bond acceptors (Lipinski definition) is 10. The lowest BCUT2D eigenvalue weighted by Crippen LogP contribution is -2.60. The molecule has 0 bridgehead atoms. The molecule has 17 heteroatoms. The number of benzene rings is 1. The zero-order valence-corrected chi connectivity index (χ0v) is 22.9. The van der Waals surface area contributed by atoms with Crippen molar-refractivity contribution >= 4 is 41.5 Å². The highest BCUT2D eigenvalue weighted by Crippen LogP contribution is 2.12. The fourth-order valence-electron chi connectivity index (χ4n) is 3.48. The van der Waals surface area contributed by atoms with E-state index in [4.69, 9.17) is 21.7 Å². The summed E-state index contributed by atoms with van der Waals surface area (Å²) >= 11 is 0. The number of carboxylic acid groups (broad SMARTS) is 2. The van der Waals surface area contributed by atoms with Crippen LogP contribution in [-0.4, -0.2) is 98.2 Å². The number of aliphatic hydroxyl groups is 1. The molecule has 42 heavy (non-hydrogen) atoms. The van der Waals surface area contributed by atoms with Gasteiger partial charge in [-0.3, -0.25) is 28.8 Å². The minimum absolute atomic E-state index is 0.0566. The Morgan fingerprint density at radius 3 is 1.88 bits per heavy atom. The second kappa shape index (κ2) is 16.5. The number of carboxylic acids is 2. The highest BCUT2D eigenvalue weighted by Gasteiger charge is 2.33. The van der Waals surface area contributed by atoms with E-state index in [0.29, 0.717) is 5.56 Å². The quantitative estimate of drug-likeness (QED) is 0.0835. The van der Waals surface area contributed by atoms with E-state index in [1.807, 2.05) is 5.32 Å². The van der Waals surface area contributed by atoms with E-state index >= 15 is 0 Å². The molecular formula is C25H36N6O11. The van der Waals surface area contributed by atoms with Crippen LogP contribution in [0.4, 0.5) is 0 Å². The minimum atomic E-state index is -1.78. The molecule has 17 nitrogen and oxygen atoms in total. The molecule has 12 N–H and O–H groups in total. The molecular weight excluding hydrogens is 560 g/mol. The van der Waals surface area contributed by atoms with Crippen LogP contribution in [0.15, 0.2) is 24.3 Å². The standard InChI is InChI=1S/C25H36N6O11/c1-11(21(37)30-17(25(41)42)10-19(35)36)28-24(40)20(12(2)32)31-23(39)16(9-13-3-5-14(33)6-4-13)29-22(38)15(26)7-8-18(27)34/h3-6,11-12,15-17,20,32-33H,7-10,26H2,1-2H3,(H2,27,34)(H,28,40)(H,29,38)(H,30,37)(H,31,39)(H,35,36)(H,41,42)/t11-,12+,15-,16-,17-,20-/m0/s1. The van der Waals surface area contributed by atoms with Crippen molar-refractivity contribution in [1.29, 1.82) is 0 Å². The molecule has 0 aromatic heterocycles. The topological polar surface area (TPSA) is 301 Å². The summed E-state index contributed by atoms with van der Waals surface area (Å²) in [6.07, 6.45) is -2.89. The van der Waals surface area contributed by atoms with Crippen LogP contribution in [0.5, 0.6) is 5.75 Å². The van der Waals surface area contributed by atoms with Crippen molar-refractivity contribution in [3.8, 4) is 5.75 Å². The number of aliphatic hydroxyl groups excluding tert-OH is 1. The van der Waals surface area contributed by atoms with Gasteiger partial charge in [-0.05, 0) is 38.0 Å². The average Bonchev–Trinajstić information content (AvgIpc) is 2.89. The maximum Gasteiger partial charge on any atom is 0.326 e. The van der Waals surface area contributed by atoms with Crippen molar-refractivity contribution in [3.63, 3.8) is 0 Å². The first-order valence-corrected chi connectivity index (χ1v) is 12.7. The van der Waals surface area contributed by atoms with Crippen molar-refractivity contribution in [2.75, 3.05) is 0 Å². The van der Waals surface area contributed by atoms with Crippen molar-refractivity contribution in [2.24, 2.45) is 11.5 Å². The number of aromatic hydroxyl groups is 1. The summed E-state index contributed by atoms with van der Waals surface area (Å²) in [7, 11) is 0. The van der Waals surface area contributed by atoms with Gasteiger partial charge in [-0.1, -0.05) is 12.1 Å². The molecule has 0 radical (unpaired) electrons. The van der Waals surface area contributed by atoms with Crippen LogP contribution in [-0.2, 0) is 40.0 Å². The van der Waals surface area contributed by atoms with Gasteiger partial charge in [-0.25, -0.2) is 4.79 Å². The van der Waals surface area contributed by atoms with Gasteiger partial charge in [0.05, 0.1) is 18.6 Å². The van der Waals surface area contributed by atoms with E-state index in [0.717, 1.165) is 13.8 Å². The first kappa shape index (κ1) is 35.3. The zero-order valence-electron chi connectivity index (χ0n) is 22.9. The van der Waals surface area contributed by atoms with Crippen LogP contribution in [0.2, 0.25) is 0 Å². The molecule has 232 valence electrons. The Morgan fingerprint density at radius 2 is 1.38 bits per heavy atom. The molecule has 0 saturated carbocycles. The monoisotopic (exact) mass is 596 g/mol. The Labute approximate surface area is 240 Å². The number of phenols is 1. The number of amides is 5. The third kappa shape index (κ3) is 12.2. The molecule has 0 aliphatic heterocycles. The van der Waals surface area contributed by atoms with Gasteiger partial charge in [0.2, 0.25) is 29.5 Å². The number of carbonyl (C=O) groups is 7. The summed E-state index contributed by atoms with van der Waals surface area (Å²) in [6, 6.07) is -1.79. The van der Waals surface area contributed by atoms with Gasteiger partial charge >= 0.3 is 11.9 Å². The van der Waals surface area contributed by atoms with Gasteiger partial charge in [-0.2, -0.15) is 0 Å². The lowest BCUT2D eigenvalue weighted by molar-refractivity contribution is -0.147. The third-order valence-electron chi connectivity index (χ3n) is 5.86. The van der Waals surface area contributed by atoms with Crippen LogP contribution >= 0.6 is 0 Å². The van der Waals surface area contributed by atoms with Crippen molar-refractivity contribution < 1.29 is 54.0 Å². The summed E-state index contributed by atoms with van der Waals surface area (Å²) in [6.45, 7) is 2.32. The maximum absolute atomic E-state index is 13.2. The first-order chi connectivity index (χ1) is 19.5. The molecule has 0 spiro atoms. The number of rotatable bonds is 17. The highest BCUT2D eigenvalue weighted by atomic mass is 16.4. The van der Waals surface area contributed by atoms with E-state index in [-0.39, 0.29) is 25.0 Å². The number of phenolic OH excluding ortho intramolecular Hbond substituents is 1. The summed E-state index contributed by atoms with van der Waals surface area (Å²) in [5, 5.41) is 46.5. The molecule has 0 fully saturated rings. The Hall–Kier alpha value is -4.77. The second-order valence-electron chi connectivity index (χ2n) is 9.50. The summed E-state index contributed by atoms with van der Waals surface area (Å²) < 4.78 is 0. The van der Waals surface area contributed by atoms with Gasteiger partial charge in [-0.15, -0.1) is 0 Å². The SMILES string of the molecule is C[C@H](NC(=O)[C@@H](NC(=O)[C@H](Cc1ccc(O)cc1)NC(=O)[C@@H](N)CCC(N)=O)[C@@H](C)O)C(=O)N[C@@H](CC(=O)O)C(=O)O. The van der Waals surface area contributed by atoms with Crippen LogP contribution in [0, 0.1) is 0 Å². The maximum atomic E-state index is 13.2. The predicted octanol–water partition coefficient (Wildman–Crippen LogP) is -3.57. The van der Waals surface area contributed by atoms with Gasteiger partial charge in [0.25, 0.3) is 0 Å². The Morgan fingerprint density at radius 1 is 0.810 bits per heavy atom. The number of aliphatic carboxylic acids is 2.